The standard InChI is InChI=1S/C24H21F3N4O2/c25-24(26,27)18-10-11-21(28-16-18)30-12-14-31(15-13-30)23(33)19-8-4-5-9-20(19)29-22(32)17-6-2-1-3-7-17/h1-11,16H,12-15H2,(H,29,32). The molecule has 6 nitrogen and oxygen atoms in total. The van der Waals surface area contributed by atoms with Gasteiger partial charge in [0.25, 0.3) is 11.8 Å². The molecule has 0 bridgehead atoms. The minimum atomic E-state index is -4.43. The van der Waals surface area contributed by atoms with Crippen LogP contribution in [-0.4, -0.2) is 47.9 Å². The number of piperazine rings is 1. The fraction of sp³-hybridized carbons (Fsp3) is 0.208. The van der Waals surface area contributed by atoms with Gasteiger partial charge in [0.1, 0.15) is 5.82 Å². The number of carbonyl (C=O) groups excluding carboxylic acids is 2. The molecule has 170 valence electrons. The van der Waals surface area contributed by atoms with E-state index in [1.165, 1.54) is 6.07 Å². The first-order chi connectivity index (χ1) is 15.8. The van der Waals surface area contributed by atoms with Gasteiger partial charge in [0.15, 0.2) is 0 Å². The first-order valence-electron chi connectivity index (χ1n) is 10.4. The van der Waals surface area contributed by atoms with Crippen molar-refractivity contribution < 1.29 is 22.8 Å². The molecule has 0 radical (unpaired) electrons. The Morgan fingerprint density at radius 1 is 0.848 bits per heavy atom. The van der Waals surface area contributed by atoms with Crippen molar-refractivity contribution >= 4 is 23.3 Å². The molecule has 0 atom stereocenters. The molecule has 1 aliphatic heterocycles. The summed E-state index contributed by atoms with van der Waals surface area (Å²) in [6.07, 6.45) is -3.61. The van der Waals surface area contributed by atoms with Crippen LogP contribution in [0.3, 0.4) is 0 Å². The van der Waals surface area contributed by atoms with Gasteiger partial charge in [-0.3, -0.25) is 9.59 Å². The third kappa shape index (κ3) is 5.14. The predicted octanol–water partition coefficient (Wildman–Crippen LogP) is 4.32. The van der Waals surface area contributed by atoms with Gasteiger partial charge in [0.2, 0.25) is 0 Å². The monoisotopic (exact) mass is 454 g/mol. The van der Waals surface area contributed by atoms with Crippen molar-refractivity contribution in [3.63, 3.8) is 0 Å². The summed E-state index contributed by atoms with van der Waals surface area (Å²) in [5.74, 6) is -0.0985. The number of alkyl halides is 3. The number of benzene rings is 2. The summed E-state index contributed by atoms with van der Waals surface area (Å²) in [6.45, 7) is 1.62. The molecule has 0 aliphatic carbocycles. The number of nitrogens with one attached hydrogen (secondary N) is 1. The third-order valence-corrected chi connectivity index (χ3v) is 5.41. The van der Waals surface area contributed by atoms with Crippen molar-refractivity contribution in [1.29, 1.82) is 0 Å². The molecule has 1 saturated heterocycles. The zero-order chi connectivity index (χ0) is 23.4. The summed E-state index contributed by atoms with van der Waals surface area (Å²) >= 11 is 0. The lowest BCUT2D eigenvalue weighted by atomic mass is 10.1. The smallest absolute Gasteiger partial charge is 0.353 e. The van der Waals surface area contributed by atoms with Crippen LogP contribution < -0.4 is 10.2 Å². The summed E-state index contributed by atoms with van der Waals surface area (Å²) in [7, 11) is 0. The normalized spacial score (nSPS) is 14.2. The lowest BCUT2D eigenvalue weighted by Crippen LogP contribution is -2.49. The molecule has 0 unspecified atom stereocenters. The van der Waals surface area contributed by atoms with Gasteiger partial charge >= 0.3 is 6.18 Å². The molecule has 1 aliphatic rings. The van der Waals surface area contributed by atoms with Crippen LogP contribution in [0, 0.1) is 0 Å². The summed E-state index contributed by atoms with van der Waals surface area (Å²) in [5, 5.41) is 2.80. The maximum Gasteiger partial charge on any atom is 0.417 e. The zero-order valence-corrected chi connectivity index (χ0v) is 17.5. The summed E-state index contributed by atoms with van der Waals surface area (Å²) in [4.78, 5) is 33.1. The first kappa shape index (κ1) is 22.3. The van der Waals surface area contributed by atoms with E-state index in [4.69, 9.17) is 0 Å². The van der Waals surface area contributed by atoms with E-state index < -0.39 is 11.7 Å². The molecule has 4 rings (SSSR count). The quantitative estimate of drug-likeness (QED) is 0.638. The number of para-hydroxylation sites is 1. The molecule has 1 N–H and O–H groups in total. The van der Waals surface area contributed by atoms with Gasteiger partial charge in [0.05, 0.1) is 16.8 Å². The molecule has 2 aromatic carbocycles. The largest absolute Gasteiger partial charge is 0.417 e. The van der Waals surface area contributed by atoms with E-state index in [2.05, 4.69) is 10.3 Å². The van der Waals surface area contributed by atoms with E-state index >= 15 is 0 Å². The minimum Gasteiger partial charge on any atom is -0.353 e. The Kier molecular flexibility index (Phi) is 6.30. The van der Waals surface area contributed by atoms with Crippen LogP contribution in [0.4, 0.5) is 24.7 Å². The maximum atomic E-state index is 13.2. The van der Waals surface area contributed by atoms with E-state index in [0.29, 0.717) is 48.8 Å². The average Bonchev–Trinajstić information content (AvgIpc) is 2.84. The van der Waals surface area contributed by atoms with E-state index in [0.717, 1.165) is 12.3 Å². The van der Waals surface area contributed by atoms with Gasteiger partial charge < -0.3 is 15.1 Å². The topological polar surface area (TPSA) is 65.5 Å². The molecule has 1 fully saturated rings. The molecule has 0 saturated carbocycles. The van der Waals surface area contributed by atoms with Crippen molar-refractivity contribution in [2.75, 3.05) is 36.4 Å². The average molecular weight is 454 g/mol. The van der Waals surface area contributed by atoms with Gasteiger partial charge in [-0.15, -0.1) is 0 Å². The number of hydrogen-bond acceptors (Lipinski definition) is 4. The van der Waals surface area contributed by atoms with Crippen LogP contribution >= 0.6 is 0 Å². The molecule has 9 heteroatoms. The second kappa shape index (κ2) is 9.32. The second-order valence-electron chi connectivity index (χ2n) is 7.55. The third-order valence-electron chi connectivity index (χ3n) is 5.41. The molecular weight excluding hydrogens is 433 g/mol. The fourth-order valence-electron chi connectivity index (χ4n) is 3.61. The zero-order valence-electron chi connectivity index (χ0n) is 17.5. The number of rotatable bonds is 4. The molecule has 2 heterocycles. The van der Waals surface area contributed by atoms with Crippen LogP contribution in [0.5, 0.6) is 0 Å². The van der Waals surface area contributed by atoms with Crippen LogP contribution in [0.2, 0.25) is 0 Å². The summed E-state index contributed by atoms with van der Waals surface area (Å²) < 4.78 is 38.2. The second-order valence-corrected chi connectivity index (χ2v) is 7.55. The first-order valence-corrected chi connectivity index (χ1v) is 10.4. The molecule has 2 amide bonds. The van der Waals surface area contributed by atoms with Gasteiger partial charge in [-0.2, -0.15) is 13.2 Å². The highest BCUT2D eigenvalue weighted by Crippen LogP contribution is 2.29. The van der Waals surface area contributed by atoms with E-state index in [-0.39, 0.29) is 11.8 Å². The molecule has 33 heavy (non-hydrogen) atoms. The van der Waals surface area contributed by atoms with Gasteiger partial charge in [-0.25, -0.2) is 4.98 Å². The molecular formula is C24H21F3N4O2. The van der Waals surface area contributed by atoms with Crippen LogP contribution in [0.15, 0.2) is 72.9 Å². The SMILES string of the molecule is O=C(Nc1ccccc1C(=O)N1CCN(c2ccc(C(F)(F)F)cn2)CC1)c1ccccc1. The van der Waals surface area contributed by atoms with Crippen LogP contribution in [-0.2, 0) is 6.18 Å². The Bertz CT molecular complexity index is 1130. The van der Waals surface area contributed by atoms with Crippen molar-refractivity contribution in [1.82, 2.24) is 9.88 Å². The Morgan fingerprint density at radius 2 is 1.52 bits per heavy atom. The Morgan fingerprint density at radius 3 is 2.15 bits per heavy atom. The Hall–Kier alpha value is -3.88. The number of amides is 2. The van der Waals surface area contributed by atoms with Gasteiger partial charge in [0, 0.05) is 37.9 Å². The maximum absolute atomic E-state index is 13.2. The van der Waals surface area contributed by atoms with Crippen molar-refractivity contribution in [3.8, 4) is 0 Å². The number of anilines is 2. The lowest BCUT2D eigenvalue weighted by Gasteiger charge is -2.35. The van der Waals surface area contributed by atoms with Crippen molar-refractivity contribution in [2.45, 2.75) is 6.18 Å². The fourth-order valence-corrected chi connectivity index (χ4v) is 3.61. The number of pyridine rings is 1. The number of aromatic nitrogens is 1. The van der Waals surface area contributed by atoms with Gasteiger partial charge in [-0.05, 0) is 36.4 Å². The van der Waals surface area contributed by atoms with Gasteiger partial charge in [-0.1, -0.05) is 30.3 Å². The van der Waals surface area contributed by atoms with Crippen molar-refractivity contribution in [3.05, 3.63) is 89.6 Å². The highest BCUT2D eigenvalue weighted by atomic mass is 19.4. The predicted molar refractivity (Wildman–Crippen MR) is 118 cm³/mol. The Balaban J connectivity index is 1.41. The summed E-state index contributed by atoms with van der Waals surface area (Å²) in [6, 6.07) is 17.9. The summed E-state index contributed by atoms with van der Waals surface area (Å²) in [5.41, 5.74) is 0.484. The molecule has 0 spiro atoms. The molecule has 1 aromatic heterocycles. The number of carbonyl (C=O) groups is 2. The van der Waals surface area contributed by atoms with Crippen molar-refractivity contribution in [2.24, 2.45) is 0 Å². The molecule has 3 aromatic rings. The lowest BCUT2D eigenvalue weighted by molar-refractivity contribution is -0.137. The van der Waals surface area contributed by atoms with E-state index in [1.807, 2.05) is 11.0 Å². The highest BCUT2D eigenvalue weighted by Gasteiger charge is 2.31. The van der Waals surface area contributed by atoms with E-state index in [9.17, 15) is 22.8 Å². The van der Waals surface area contributed by atoms with Crippen LogP contribution in [0.1, 0.15) is 26.3 Å². The number of nitrogens with zero attached hydrogens (tertiary/aromatic N) is 3. The van der Waals surface area contributed by atoms with E-state index in [1.54, 1.807) is 53.4 Å². The minimum absolute atomic E-state index is 0.223. The van der Waals surface area contributed by atoms with Crippen LogP contribution in [0.25, 0.3) is 0 Å². The Labute approximate surface area is 188 Å². The number of halogens is 3. The number of hydrogen-bond donors (Lipinski definition) is 1. The highest BCUT2D eigenvalue weighted by molar-refractivity contribution is 6.09.